The normalized spacial score (nSPS) is 11.2. The van der Waals surface area contributed by atoms with E-state index in [4.69, 9.17) is 9.26 Å². The number of aryl methyl sites for hydroxylation is 1. The second-order valence-electron chi connectivity index (χ2n) is 7.18. The third-order valence-corrected chi connectivity index (χ3v) is 5.01. The number of rotatable bonds is 6. The summed E-state index contributed by atoms with van der Waals surface area (Å²) in [6.07, 6.45) is 3.84. The average Bonchev–Trinajstić information content (AvgIpc) is 3.43. The smallest absolute Gasteiger partial charge is 0.339 e. The summed E-state index contributed by atoms with van der Waals surface area (Å²) in [5, 5.41) is 9.38. The van der Waals surface area contributed by atoms with Crippen LogP contribution in [0.15, 0.2) is 47.2 Å². The number of anilines is 1. The number of carbonyl (C=O) groups is 1. The lowest BCUT2D eigenvalue weighted by molar-refractivity contribution is 0.0600. The molecule has 0 bridgehead atoms. The molecule has 0 amide bonds. The standard InChI is InChI=1S/C22H19N7O3/c1-12-26-19(29-32-12)14-4-3-13-5-7-23-20(16(13)9-14)24-8-6-18-27-17-10-15(22(30)31-2)11-25-21(17)28-18/h3-5,7,9-11H,6,8H2,1-2H3,(H,23,24)(H,25,27,28). The van der Waals surface area contributed by atoms with Crippen LogP contribution in [0.2, 0.25) is 0 Å². The van der Waals surface area contributed by atoms with Crippen molar-refractivity contribution in [2.24, 2.45) is 0 Å². The summed E-state index contributed by atoms with van der Waals surface area (Å²) in [4.78, 5) is 32.4. The van der Waals surface area contributed by atoms with Crippen LogP contribution in [0.3, 0.4) is 0 Å². The highest BCUT2D eigenvalue weighted by Gasteiger charge is 2.12. The number of ether oxygens (including phenoxy) is 1. The summed E-state index contributed by atoms with van der Waals surface area (Å²) in [6, 6.07) is 9.60. The molecule has 160 valence electrons. The fraction of sp³-hybridized carbons (Fsp3) is 0.182. The molecule has 0 atom stereocenters. The van der Waals surface area contributed by atoms with Crippen LogP contribution in [0.25, 0.3) is 33.3 Å². The largest absolute Gasteiger partial charge is 0.465 e. The van der Waals surface area contributed by atoms with Crippen LogP contribution in [0.1, 0.15) is 22.1 Å². The molecule has 5 aromatic rings. The Morgan fingerprint density at radius 3 is 2.91 bits per heavy atom. The molecule has 0 saturated heterocycles. The fourth-order valence-electron chi connectivity index (χ4n) is 3.46. The maximum atomic E-state index is 11.7. The Labute approximate surface area is 182 Å². The molecule has 32 heavy (non-hydrogen) atoms. The Bertz CT molecular complexity index is 1440. The van der Waals surface area contributed by atoms with Gasteiger partial charge in [-0.25, -0.2) is 19.7 Å². The number of fused-ring (bicyclic) bond motifs is 2. The first kappa shape index (κ1) is 19.6. The molecule has 10 heteroatoms. The number of benzene rings is 1. The second-order valence-corrected chi connectivity index (χ2v) is 7.18. The molecular formula is C22H19N7O3. The average molecular weight is 429 g/mol. The van der Waals surface area contributed by atoms with E-state index < -0.39 is 5.97 Å². The lowest BCUT2D eigenvalue weighted by Crippen LogP contribution is -2.07. The third-order valence-electron chi connectivity index (χ3n) is 5.01. The van der Waals surface area contributed by atoms with E-state index in [1.54, 1.807) is 19.2 Å². The monoisotopic (exact) mass is 429 g/mol. The van der Waals surface area contributed by atoms with Gasteiger partial charge in [0.1, 0.15) is 11.6 Å². The zero-order valence-electron chi connectivity index (χ0n) is 17.4. The molecule has 0 fully saturated rings. The van der Waals surface area contributed by atoms with E-state index >= 15 is 0 Å². The summed E-state index contributed by atoms with van der Waals surface area (Å²) in [5.74, 6) is 2.13. The van der Waals surface area contributed by atoms with Gasteiger partial charge in [0.25, 0.3) is 0 Å². The molecule has 0 unspecified atom stereocenters. The number of aromatic amines is 1. The Hall–Kier alpha value is -4.34. The molecule has 10 nitrogen and oxygen atoms in total. The van der Waals surface area contributed by atoms with Gasteiger partial charge >= 0.3 is 5.97 Å². The summed E-state index contributed by atoms with van der Waals surface area (Å²) >= 11 is 0. The lowest BCUT2D eigenvalue weighted by atomic mass is 10.1. The highest BCUT2D eigenvalue weighted by molar-refractivity contribution is 5.94. The van der Waals surface area contributed by atoms with Gasteiger partial charge in [-0.05, 0) is 23.6 Å². The van der Waals surface area contributed by atoms with E-state index in [0.29, 0.717) is 41.4 Å². The molecule has 5 rings (SSSR count). The van der Waals surface area contributed by atoms with Crippen LogP contribution in [0.5, 0.6) is 0 Å². The van der Waals surface area contributed by atoms with Crippen molar-refractivity contribution < 1.29 is 14.1 Å². The summed E-state index contributed by atoms with van der Waals surface area (Å²) in [6.45, 7) is 2.36. The Kier molecular flexibility index (Phi) is 4.94. The van der Waals surface area contributed by atoms with Crippen molar-refractivity contribution in [1.82, 2.24) is 30.1 Å². The summed E-state index contributed by atoms with van der Waals surface area (Å²) < 4.78 is 9.83. The van der Waals surface area contributed by atoms with Gasteiger partial charge in [0.15, 0.2) is 5.65 Å². The van der Waals surface area contributed by atoms with Crippen LogP contribution >= 0.6 is 0 Å². The van der Waals surface area contributed by atoms with Gasteiger partial charge in [-0.15, -0.1) is 0 Å². The predicted molar refractivity (Wildman–Crippen MR) is 117 cm³/mol. The van der Waals surface area contributed by atoms with E-state index in [9.17, 15) is 4.79 Å². The van der Waals surface area contributed by atoms with Crippen molar-refractivity contribution in [1.29, 1.82) is 0 Å². The van der Waals surface area contributed by atoms with Crippen molar-refractivity contribution in [3.05, 3.63) is 60.0 Å². The van der Waals surface area contributed by atoms with Crippen molar-refractivity contribution >= 4 is 33.7 Å². The topological polar surface area (TPSA) is 132 Å². The van der Waals surface area contributed by atoms with E-state index in [1.807, 2.05) is 24.3 Å². The van der Waals surface area contributed by atoms with Crippen molar-refractivity contribution in [3.8, 4) is 11.4 Å². The molecule has 4 heterocycles. The Morgan fingerprint density at radius 2 is 2.09 bits per heavy atom. The molecule has 0 aliphatic rings. The van der Waals surface area contributed by atoms with Crippen molar-refractivity contribution in [2.75, 3.05) is 19.0 Å². The molecule has 0 aliphatic carbocycles. The maximum Gasteiger partial charge on any atom is 0.339 e. The van der Waals surface area contributed by atoms with Crippen LogP contribution in [-0.2, 0) is 11.2 Å². The first-order valence-corrected chi connectivity index (χ1v) is 9.97. The number of aromatic nitrogens is 6. The quantitative estimate of drug-likeness (QED) is 0.390. The van der Waals surface area contributed by atoms with Crippen molar-refractivity contribution in [3.63, 3.8) is 0 Å². The first-order chi connectivity index (χ1) is 15.6. The van der Waals surface area contributed by atoms with Crippen LogP contribution in [0.4, 0.5) is 5.82 Å². The molecule has 0 radical (unpaired) electrons. The first-order valence-electron chi connectivity index (χ1n) is 9.97. The number of nitrogens with zero attached hydrogens (tertiary/aromatic N) is 5. The van der Waals surface area contributed by atoms with Crippen LogP contribution < -0.4 is 5.32 Å². The predicted octanol–water partition coefficient (Wildman–Crippen LogP) is 3.31. The van der Waals surface area contributed by atoms with Gasteiger partial charge in [0, 0.05) is 43.2 Å². The minimum Gasteiger partial charge on any atom is -0.465 e. The van der Waals surface area contributed by atoms with E-state index in [1.165, 1.54) is 13.3 Å². The zero-order chi connectivity index (χ0) is 22.1. The van der Waals surface area contributed by atoms with E-state index in [0.717, 1.165) is 28.0 Å². The number of H-pyrrole nitrogens is 1. The third kappa shape index (κ3) is 3.73. The number of hydrogen-bond donors (Lipinski definition) is 2. The molecule has 2 N–H and O–H groups in total. The van der Waals surface area contributed by atoms with E-state index in [2.05, 4.69) is 35.4 Å². The minimum absolute atomic E-state index is 0.376. The molecule has 4 aromatic heterocycles. The maximum absolute atomic E-state index is 11.7. The number of methoxy groups -OCH3 is 1. The molecule has 0 saturated carbocycles. The second kappa shape index (κ2) is 8.06. The molecule has 0 spiro atoms. The number of esters is 1. The minimum atomic E-state index is -0.436. The Morgan fingerprint density at radius 1 is 1.19 bits per heavy atom. The van der Waals surface area contributed by atoms with Gasteiger partial charge in [-0.2, -0.15) is 4.98 Å². The number of carbonyl (C=O) groups excluding carboxylic acids is 1. The van der Waals surface area contributed by atoms with Gasteiger partial charge in [-0.3, -0.25) is 0 Å². The zero-order valence-corrected chi connectivity index (χ0v) is 17.4. The lowest BCUT2D eigenvalue weighted by Gasteiger charge is -2.09. The SMILES string of the molecule is COC(=O)c1cnc2nc(CCNc3nccc4ccc(-c5noc(C)n5)cc34)[nH]c2c1. The van der Waals surface area contributed by atoms with Gasteiger partial charge < -0.3 is 19.6 Å². The molecule has 1 aromatic carbocycles. The molecular weight excluding hydrogens is 410 g/mol. The van der Waals surface area contributed by atoms with Crippen LogP contribution in [-0.4, -0.2) is 49.7 Å². The van der Waals surface area contributed by atoms with E-state index in [-0.39, 0.29) is 0 Å². The number of hydrogen-bond acceptors (Lipinski definition) is 9. The number of pyridine rings is 2. The van der Waals surface area contributed by atoms with Gasteiger partial charge in [0.05, 0.1) is 18.2 Å². The highest BCUT2D eigenvalue weighted by atomic mass is 16.5. The highest BCUT2D eigenvalue weighted by Crippen LogP contribution is 2.26. The van der Waals surface area contributed by atoms with Crippen LogP contribution in [0, 0.1) is 6.92 Å². The molecule has 0 aliphatic heterocycles. The summed E-state index contributed by atoms with van der Waals surface area (Å²) in [5.41, 5.74) is 2.47. The Balaban J connectivity index is 1.34. The summed E-state index contributed by atoms with van der Waals surface area (Å²) in [7, 11) is 1.34. The van der Waals surface area contributed by atoms with Crippen molar-refractivity contribution in [2.45, 2.75) is 13.3 Å². The number of nitrogens with one attached hydrogen (secondary N) is 2. The fourth-order valence-corrected chi connectivity index (χ4v) is 3.46. The number of imidazole rings is 1. The van der Waals surface area contributed by atoms with Gasteiger partial charge in [0.2, 0.25) is 11.7 Å². The van der Waals surface area contributed by atoms with Gasteiger partial charge in [-0.1, -0.05) is 17.3 Å².